The first-order valence-corrected chi connectivity index (χ1v) is 13.9. The minimum absolute atomic E-state index is 0.185. The van der Waals surface area contributed by atoms with E-state index in [0.717, 1.165) is 10.4 Å². The molecule has 0 aliphatic rings. The summed E-state index contributed by atoms with van der Waals surface area (Å²) in [4.78, 5) is 23.5. The lowest BCUT2D eigenvalue weighted by Gasteiger charge is -2.43. The van der Waals surface area contributed by atoms with Gasteiger partial charge in [0.05, 0.1) is 18.1 Å². The largest absolute Gasteiger partial charge is 0.466 e. The molecule has 0 radical (unpaired) electrons. The van der Waals surface area contributed by atoms with Crippen molar-refractivity contribution in [3.63, 3.8) is 0 Å². The third-order valence-corrected chi connectivity index (χ3v) is 10.8. The average molecular weight is 567 g/mol. The van der Waals surface area contributed by atoms with Gasteiger partial charge in [-0.15, -0.1) is 0 Å². The molecule has 172 valence electrons. The Morgan fingerprint density at radius 2 is 1.53 bits per heavy atom. The lowest BCUT2D eigenvalue weighted by molar-refractivity contribution is -0.146. The normalized spacial score (nSPS) is 13.0. The number of ether oxygens (including phenoxy) is 2. The Balaban J connectivity index is 2.43. The molecule has 7 heteroatoms. The Morgan fingerprint density at radius 1 is 1.00 bits per heavy atom. The standard InChI is InChI=1S/C25H31IO5Si/c1-25(2,3)32(21-13-7-5-8-14-21,22-15-9-6-10-16-22)30-19-20(31-24(28)18-26)12-11-17-23(27)29-4/h5-11,13-17,20H,12,18-19H2,1-4H3/b17-11+/t20-/m0/s1. The summed E-state index contributed by atoms with van der Waals surface area (Å²) in [5.74, 6) is -0.759. The van der Waals surface area contributed by atoms with E-state index in [9.17, 15) is 9.59 Å². The fraction of sp³-hybridized carbons (Fsp3) is 0.360. The average Bonchev–Trinajstić information content (AvgIpc) is 2.79. The van der Waals surface area contributed by atoms with Gasteiger partial charge in [-0.2, -0.15) is 0 Å². The number of carbonyl (C=O) groups excluding carboxylic acids is 2. The van der Waals surface area contributed by atoms with Gasteiger partial charge >= 0.3 is 11.9 Å². The number of alkyl halides is 1. The number of esters is 2. The minimum Gasteiger partial charge on any atom is -0.466 e. The third-order valence-electron chi connectivity index (χ3n) is 5.16. The van der Waals surface area contributed by atoms with Gasteiger partial charge in [-0.1, -0.05) is 110 Å². The quantitative estimate of drug-likeness (QED) is 0.143. The van der Waals surface area contributed by atoms with Crippen molar-refractivity contribution in [3.8, 4) is 0 Å². The van der Waals surface area contributed by atoms with Crippen LogP contribution in [0.15, 0.2) is 72.8 Å². The first-order chi connectivity index (χ1) is 15.2. The Labute approximate surface area is 205 Å². The van der Waals surface area contributed by atoms with Gasteiger partial charge in [0.25, 0.3) is 8.32 Å². The van der Waals surface area contributed by atoms with Crippen LogP contribution in [0.2, 0.25) is 5.04 Å². The van der Waals surface area contributed by atoms with Gasteiger partial charge in [0.2, 0.25) is 0 Å². The van der Waals surface area contributed by atoms with Gasteiger partial charge in [-0.25, -0.2) is 4.79 Å². The number of hydrogen-bond donors (Lipinski definition) is 0. The third kappa shape index (κ3) is 6.76. The molecular formula is C25H31IO5Si. The monoisotopic (exact) mass is 566 g/mol. The minimum atomic E-state index is -2.75. The molecule has 0 bridgehead atoms. The molecule has 32 heavy (non-hydrogen) atoms. The van der Waals surface area contributed by atoms with Crippen LogP contribution in [0.25, 0.3) is 0 Å². The van der Waals surface area contributed by atoms with E-state index in [1.807, 2.05) is 59.0 Å². The van der Waals surface area contributed by atoms with E-state index in [1.54, 1.807) is 6.08 Å². The molecule has 0 aliphatic heterocycles. The summed E-state index contributed by atoms with van der Waals surface area (Å²) in [7, 11) is -1.42. The molecule has 2 aromatic rings. The molecule has 0 fully saturated rings. The van der Waals surface area contributed by atoms with Crippen LogP contribution in [0.5, 0.6) is 0 Å². The summed E-state index contributed by atoms with van der Waals surface area (Å²) in [6, 6.07) is 20.6. The molecular weight excluding hydrogens is 535 g/mol. The maximum Gasteiger partial charge on any atom is 0.330 e. The van der Waals surface area contributed by atoms with Crippen LogP contribution in [-0.4, -0.2) is 44.5 Å². The van der Waals surface area contributed by atoms with Gasteiger partial charge in [-0.05, 0) is 15.4 Å². The fourth-order valence-electron chi connectivity index (χ4n) is 3.73. The Hall–Kier alpha value is -1.97. The van der Waals surface area contributed by atoms with Crippen LogP contribution in [0.1, 0.15) is 27.2 Å². The zero-order valence-corrected chi connectivity index (χ0v) is 22.2. The van der Waals surface area contributed by atoms with Gasteiger partial charge in [0.15, 0.2) is 0 Å². The van der Waals surface area contributed by atoms with Gasteiger partial charge in [-0.3, -0.25) is 4.79 Å². The van der Waals surface area contributed by atoms with Crippen molar-refractivity contribution in [2.75, 3.05) is 18.1 Å². The van der Waals surface area contributed by atoms with Crippen LogP contribution >= 0.6 is 22.6 Å². The maximum atomic E-state index is 12.0. The highest BCUT2D eigenvalue weighted by Gasteiger charge is 2.50. The van der Waals surface area contributed by atoms with Crippen LogP contribution in [0.4, 0.5) is 0 Å². The zero-order chi connectivity index (χ0) is 23.6. The maximum absolute atomic E-state index is 12.0. The molecule has 0 amide bonds. The lowest BCUT2D eigenvalue weighted by atomic mass is 10.2. The SMILES string of the molecule is COC(=O)/C=C/C[C@@H](CO[Si](c1ccccc1)(c1ccccc1)C(C)(C)C)OC(=O)CI. The van der Waals surface area contributed by atoms with Crippen molar-refractivity contribution in [2.24, 2.45) is 0 Å². The second-order valence-electron chi connectivity index (χ2n) is 8.38. The molecule has 0 heterocycles. The molecule has 0 N–H and O–H groups in total. The number of halogens is 1. The van der Waals surface area contributed by atoms with E-state index in [1.165, 1.54) is 13.2 Å². The number of hydrogen-bond acceptors (Lipinski definition) is 5. The smallest absolute Gasteiger partial charge is 0.330 e. The summed E-state index contributed by atoms with van der Waals surface area (Å²) in [6.07, 6.45) is 2.84. The fourth-order valence-corrected chi connectivity index (χ4v) is 8.50. The summed E-state index contributed by atoms with van der Waals surface area (Å²) in [5, 5.41) is 2.13. The van der Waals surface area contributed by atoms with E-state index in [-0.39, 0.29) is 22.0 Å². The van der Waals surface area contributed by atoms with Gasteiger partial charge in [0.1, 0.15) is 6.10 Å². The van der Waals surface area contributed by atoms with E-state index in [2.05, 4.69) is 49.8 Å². The first kappa shape index (κ1) is 26.3. The molecule has 0 saturated carbocycles. The lowest BCUT2D eigenvalue weighted by Crippen LogP contribution is -2.67. The van der Waals surface area contributed by atoms with Crippen molar-refractivity contribution >= 4 is 53.2 Å². The Kier molecular flexibility index (Phi) is 10.1. The van der Waals surface area contributed by atoms with Crippen LogP contribution in [-0.2, 0) is 23.5 Å². The van der Waals surface area contributed by atoms with Crippen LogP contribution in [0.3, 0.4) is 0 Å². The first-order valence-electron chi connectivity index (χ1n) is 10.5. The molecule has 1 atom stereocenters. The highest BCUT2D eigenvalue weighted by molar-refractivity contribution is 14.1. The summed E-state index contributed by atoms with van der Waals surface area (Å²) in [6.45, 7) is 6.81. The predicted molar refractivity (Wildman–Crippen MR) is 138 cm³/mol. The summed E-state index contributed by atoms with van der Waals surface area (Å²) < 4.78 is 17.4. The molecule has 0 spiro atoms. The topological polar surface area (TPSA) is 61.8 Å². The van der Waals surface area contributed by atoms with E-state index in [4.69, 9.17) is 9.16 Å². The van der Waals surface area contributed by atoms with Crippen LogP contribution < -0.4 is 10.4 Å². The Bertz CT molecular complexity index is 854. The Morgan fingerprint density at radius 3 is 1.97 bits per heavy atom. The van der Waals surface area contributed by atoms with E-state index in [0.29, 0.717) is 6.42 Å². The molecule has 0 aliphatic carbocycles. The van der Waals surface area contributed by atoms with E-state index >= 15 is 0 Å². The van der Waals surface area contributed by atoms with Crippen molar-refractivity contribution in [3.05, 3.63) is 72.8 Å². The van der Waals surface area contributed by atoms with Crippen molar-refractivity contribution in [1.82, 2.24) is 0 Å². The van der Waals surface area contributed by atoms with Gasteiger partial charge in [0, 0.05) is 12.5 Å². The molecule has 0 unspecified atom stereocenters. The molecule has 5 nitrogen and oxygen atoms in total. The summed E-state index contributed by atoms with van der Waals surface area (Å²) >= 11 is 1.98. The second-order valence-corrected chi connectivity index (χ2v) is 13.4. The number of rotatable bonds is 10. The number of methoxy groups -OCH3 is 1. The van der Waals surface area contributed by atoms with E-state index < -0.39 is 20.4 Å². The highest BCUT2D eigenvalue weighted by atomic mass is 127. The number of carbonyl (C=O) groups is 2. The molecule has 0 saturated heterocycles. The molecule has 0 aromatic heterocycles. The predicted octanol–water partition coefficient (Wildman–Crippen LogP) is 4.03. The second kappa shape index (κ2) is 12.3. The van der Waals surface area contributed by atoms with Gasteiger partial charge < -0.3 is 13.9 Å². The van der Waals surface area contributed by atoms with Crippen molar-refractivity contribution in [1.29, 1.82) is 0 Å². The number of benzene rings is 2. The molecule has 2 aromatic carbocycles. The van der Waals surface area contributed by atoms with Crippen LogP contribution in [0, 0.1) is 0 Å². The highest BCUT2D eigenvalue weighted by Crippen LogP contribution is 2.37. The zero-order valence-electron chi connectivity index (χ0n) is 19.0. The molecule has 2 rings (SSSR count). The summed E-state index contributed by atoms with van der Waals surface area (Å²) in [5.41, 5.74) is 0. The van der Waals surface area contributed by atoms with Crippen molar-refractivity contribution < 1.29 is 23.5 Å². The van der Waals surface area contributed by atoms with Crippen molar-refractivity contribution in [2.45, 2.75) is 38.3 Å².